The highest BCUT2D eigenvalue weighted by molar-refractivity contribution is 6.00. The van der Waals surface area contributed by atoms with Gasteiger partial charge in [-0.05, 0) is 141 Å². The number of carboxylic acid groups (broad SMARTS) is 1. The number of carbonyl (C=O) groups excluding carboxylic acids is 3. The molecule has 0 aliphatic heterocycles. The van der Waals surface area contributed by atoms with E-state index in [4.69, 9.17) is 4.74 Å². The Morgan fingerprint density at radius 2 is 1.61 bits per heavy atom. The molecule has 9 nitrogen and oxygen atoms in total. The van der Waals surface area contributed by atoms with E-state index in [1.54, 1.807) is 18.7 Å². The van der Waals surface area contributed by atoms with Gasteiger partial charge in [0, 0.05) is 50.3 Å². The van der Waals surface area contributed by atoms with E-state index in [-0.39, 0.29) is 51.4 Å². The van der Waals surface area contributed by atoms with Gasteiger partial charge in [0.1, 0.15) is 6.10 Å². The second-order valence-electron chi connectivity index (χ2n) is 21.3. The summed E-state index contributed by atoms with van der Waals surface area (Å²) in [5.41, 5.74) is 2.33. The number of ketones is 1. The molecule has 310 valence electrons. The van der Waals surface area contributed by atoms with E-state index in [9.17, 15) is 24.3 Å². The highest BCUT2D eigenvalue weighted by Crippen LogP contribution is 2.77. The molecule has 1 unspecified atom stereocenters. The zero-order valence-corrected chi connectivity index (χ0v) is 36.4. The van der Waals surface area contributed by atoms with Crippen LogP contribution in [0.3, 0.4) is 0 Å². The van der Waals surface area contributed by atoms with E-state index in [0.717, 1.165) is 75.5 Å². The number of carboxylic acids is 1. The summed E-state index contributed by atoms with van der Waals surface area (Å²) in [6.45, 7) is 21.6. The fourth-order valence-electron chi connectivity index (χ4n) is 13.5. The SMILES string of the molecule is CC(C)C1=C2[C@H]3CCC4[C@@]5(C)CC[C@H](OC(=O)CC(C)(C)C(=O)O)C(C)(C)[C@@H]5CC[C@@]4(C)[C@]3(C)CC[C@@]2(CCN(CC(=O)N(C)C)Cc2ccncc2)CC1=O. The van der Waals surface area contributed by atoms with Crippen molar-refractivity contribution in [2.75, 3.05) is 27.2 Å². The number of hydrogen-bond acceptors (Lipinski definition) is 7. The van der Waals surface area contributed by atoms with E-state index in [0.29, 0.717) is 43.0 Å². The predicted molar refractivity (Wildman–Crippen MR) is 218 cm³/mol. The van der Waals surface area contributed by atoms with Crippen LogP contribution < -0.4 is 0 Å². The summed E-state index contributed by atoms with van der Waals surface area (Å²) in [5, 5.41) is 9.64. The van der Waals surface area contributed by atoms with Crippen LogP contribution in [0.4, 0.5) is 0 Å². The van der Waals surface area contributed by atoms with Crippen LogP contribution in [-0.4, -0.2) is 76.8 Å². The average molecular weight is 774 g/mol. The number of pyridine rings is 1. The minimum atomic E-state index is -1.16. The van der Waals surface area contributed by atoms with Gasteiger partial charge in [-0.2, -0.15) is 0 Å². The third-order valence-corrected chi connectivity index (χ3v) is 16.9. The molecule has 0 spiro atoms. The molecule has 1 amide bonds. The summed E-state index contributed by atoms with van der Waals surface area (Å²) in [4.78, 5) is 60.4. The number of Topliss-reactive ketones (excluding diaryl/α,β-unsaturated/α-hetero) is 1. The van der Waals surface area contributed by atoms with Crippen LogP contribution in [-0.2, 0) is 30.5 Å². The van der Waals surface area contributed by atoms with E-state index < -0.39 is 17.4 Å². The lowest BCUT2D eigenvalue weighted by molar-refractivity contribution is -0.233. The second-order valence-corrected chi connectivity index (χ2v) is 21.3. The van der Waals surface area contributed by atoms with Gasteiger partial charge < -0.3 is 14.7 Å². The highest BCUT2D eigenvalue weighted by atomic mass is 16.5. The molecular weight excluding hydrogens is 703 g/mol. The molecular formula is C47H71N3O6. The molecule has 4 saturated carbocycles. The average Bonchev–Trinajstić information content (AvgIpc) is 3.41. The Labute approximate surface area is 336 Å². The molecule has 0 saturated heterocycles. The first kappa shape index (κ1) is 42.5. The van der Waals surface area contributed by atoms with Gasteiger partial charge in [0.05, 0.1) is 18.4 Å². The maximum absolute atomic E-state index is 14.3. The zero-order valence-electron chi connectivity index (χ0n) is 36.4. The summed E-state index contributed by atoms with van der Waals surface area (Å²) in [5.74, 6) is 0.435. The third-order valence-electron chi connectivity index (χ3n) is 16.9. The standard InChI is InChI=1S/C47H71N3O6/c1-30(2)39-33(51)26-47(22-25-50(29-37(52)49(10)11)28-31-16-23-48-24-17-31)21-20-45(8)32(40(39)47)12-13-35-44(7)18-15-36(56-38(53)27-42(3,4)41(54)55)43(5,6)34(44)14-19-46(35,45)9/h16-17,23-24,30,32,34-36H,12-15,18-22,25-29H2,1-11H3,(H,54,55)/t32-,34+,35?,36+,44+,45-,46-,47-/m1/s1. The topological polar surface area (TPSA) is 117 Å². The monoisotopic (exact) mass is 774 g/mol. The van der Waals surface area contributed by atoms with Crippen molar-refractivity contribution >= 4 is 23.6 Å². The van der Waals surface area contributed by atoms with Crippen LogP contribution in [0, 0.1) is 56.2 Å². The fourth-order valence-corrected chi connectivity index (χ4v) is 13.5. The maximum atomic E-state index is 14.3. The predicted octanol–water partition coefficient (Wildman–Crippen LogP) is 8.76. The number of carbonyl (C=O) groups is 4. The Balaban J connectivity index is 1.27. The number of nitrogens with zero attached hydrogens (tertiary/aromatic N) is 3. The lowest BCUT2D eigenvalue weighted by Crippen LogP contribution is -2.65. The van der Waals surface area contributed by atoms with Crippen LogP contribution in [0.5, 0.6) is 0 Å². The van der Waals surface area contributed by atoms with Crippen molar-refractivity contribution in [3.63, 3.8) is 0 Å². The molecule has 8 atom stereocenters. The Bertz CT molecular complexity index is 1730. The smallest absolute Gasteiger partial charge is 0.309 e. The van der Waals surface area contributed by atoms with Gasteiger partial charge in [0.25, 0.3) is 0 Å². The van der Waals surface area contributed by atoms with Crippen molar-refractivity contribution < 1.29 is 29.0 Å². The van der Waals surface area contributed by atoms with Crippen LogP contribution in [0.15, 0.2) is 35.7 Å². The van der Waals surface area contributed by atoms with Gasteiger partial charge >= 0.3 is 11.9 Å². The summed E-state index contributed by atoms with van der Waals surface area (Å²) >= 11 is 0. The highest BCUT2D eigenvalue weighted by Gasteiger charge is 2.70. The molecule has 1 N–H and O–H groups in total. The van der Waals surface area contributed by atoms with Crippen LogP contribution in [0.25, 0.3) is 0 Å². The number of ether oxygens (including phenoxy) is 1. The number of aliphatic carboxylic acids is 1. The molecule has 0 aromatic carbocycles. The summed E-state index contributed by atoms with van der Waals surface area (Å²) in [6, 6.07) is 4.05. The molecule has 5 aliphatic carbocycles. The van der Waals surface area contributed by atoms with Crippen molar-refractivity contribution in [2.45, 2.75) is 146 Å². The van der Waals surface area contributed by atoms with Crippen LogP contribution in [0.1, 0.15) is 139 Å². The largest absolute Gasteiger partial charge is 0.481 e. The summed E-state index contributed by atoms with van der Waals surface area (Å²) in [6.07, 6.45) is 13.0. The molecule has 9 heteroatoms. The van der Waals surface area contributed by atoms with Gasteiger partial charge in [-0.3, -0.25) is 29.1 Å². The lowest BCUT2D eigenvalue weighted by Gasteiger charge is -2.72. The number of fused-ring (bicyclic) bond motifs is 7. The van der Waals surface area contributed by atoms with E-state index in [1.165, 1.54) is 5.57 Å². The Kier molecular flexibility index (Phi) is 11.4. The number of esters is 1. The van der Waals surface area contributed by atoms with E-state index in [2.05, 4.69) is 58.4 Å². The Morgan fingerprint density at radius 3 is 2.23 bits per heavy atom. The van der Waals surface area contributed by atoms with Crippen molar-refractivity contribution in [2.24, 2.45) is 56.2 Å². The molecule has 0 bridgehead atoms. The number of hydrogen-bond donors (Lipinski definition) is 1. The van der Waals surface area contributed by atoms with Crippen molar-refractivity contribution in [3.8, 4) is 0 Å². The normalized spacial score (nSPS) is 35.1. The minimum absolute atomic E-state index is 0.0426. The summed E-state index contributed by atoms with van der Waals surface area (Å²) in [7, 11) is 3.63. The number of likely N-dealkylation sites (N-methyl/N-ethyl adjacent to an activating group) is 1. The number of aromatic nitrogens is 1. The minimum Gasteiger partial charge on any atom is -0.481 e. The molecule has 5 aliphatic rings. The molecule has 0 radical (unpaired) electrons. The lowest BCUT2D eigenvalue weighted by atomic mass is 9.33. The van der Waals surface area contributed by atoms with Gasteiger partial charge in [0.2, 0.25) is 5.91 Å². The number of rotatable bonds is 12. The second kappa shape index (κ2) is 14.9. The van der Waals surface area contributed by atoms with Crippen LogP contribution in [0.2, 0.25) is 0 Å². The number of amides is 1. The summed E-state index contributed by atoms with van der Waals surface area (Å²) < 4.78 is 6.19. The zero-order chi connectivity index (χ0) is 41.2. The molecule has 4 fully saturated rings. The third kappa shape index (κ3) is 7.08. The van der Waals surface area contributed by atoms with Gasteiger partial charge in [-0.15, -0.1) is 0 Å². The van der Waals surface area contributed by atoms with E-state index in [1.807, 2.05) is 38.6 Å². The van der Waals surface area contributed by atoms with E-state index >= 15 is 0 Å². The molecule has 1 aromatic heterocycles. The first-order valence-electron chi connectivity index (χ1n) is 21.5. The molecule has 6 rings (SSSR count). The maximum Gasteiger partial charge on any atom is 0.309 e. The van der Waals surface area contributed by atoms with Crippen molar-refractivity contribution in [1.29, 1.82) is 0 Å². The molecule has 1 aromatic rings. The number of allylic oxidation sites excluding steroid dienone is 2. The molecule has 1 heterocycles. The Hall–Kier alpha value is -3.07. The van der Waals surface area contributed by atoms with Gasteiger partial charge in [0.15, 0.2) is 5.78 Å². The van der Waals surface area contributed by atoms with Gasteiger partial charge in [-0.1, -0.05) is 54.0 Å². The molecule has 56 heavy (non-hydrogen) atoms. The van der Waals surface area contributed by atoms with Gasteiger partial charge in [-0.25, -0.2) is 0 Å². The fraction of sp³-hybridized carbons (Fsp3) is 0.766. The Morgan fingerprint density at radius 1 is 0.929 bits per heavy atom. The first-order valence-corrected chi connectivity index (χ1v) is 21.5. The first-order chi connectivity index (χ1) is 26.0. The van der Waals surface area contributed by atoms with Crippen LogP contribution >= 0.6 is 0 Å². The quantitative estimate of drug-likeness (QED) is 0.210. The van der Waals surface area contributed by atoms with Crippen molar-refractivity contribution in [3.05, 3.63) is 41.2 Å². The van der Waals surface area contributed by atoms with Crippen molar-refractivity contribution in [1.82, 2.24) is 14.8 Å².